The number of hydrogen-bond donors (Lipinski definition) is 1. The van der Waals surface area contributed by atoms with E-state index in [1.54, 1.807) is 0 Å². The molecule has 0 bridgehead atoms. The zero-order chi connectivity index (χ0) is 14.9. The summed E-state index contributed by atoms with van der Waals surface area (Å²) in [7, 11) is 0. The molecule has 1 N–H and O–H groups in total. The molecule has 1 aromatic rings. The van der Waals surface area contributed by atoms with Crippen LogP contribution in [0.2, 0.25) is 0 Å². The van der Waals surface area contributed by atoms with Crippen LogP contribution in [0.3, 0.4) is 0 Å². The number of H-pyrrole nitrogens is 1. The van der Waals surface area contributed by atoms with Gasteiger partial charge >= 0.3 is 0 Å². The van der Waals surface area contributed by atoms with E-state index in [2.05, 4.69) is 32.8 Å². The molecule has 0 unspecified atom stereocenters. The van der Waals surface area contributed by atoms with Crippen LogP contribution in [0.1, 0.15) is 75.7 Å². The largest absolute Gasteiger partial charge is 0.367 e. The van der Waals surface area contributed by atoms with Crippen molar-refractivity contribution in [3.8, 4) is 0 Å². The molecule has 0 spiro atoms. The van der Waals surface area contributed by atoms with Crippen molar-refractivity contribution in [2.45, 2.75) is 69.8 Å². The van der Waals surface area contributed by atoms with E-state index in [0.717, 1.165) is 29.7 Å². The molecule has 0 aromatic carbocycles. The summed E-state index contributed by atoms with van der Waals surface area (Å²) in [4.78, 5) is 8.28. The number of halogens is 1. The summed E-state index contributed by atoms with van der Waals surface area (Å²) in [6.07, 6.45) is 9.62. The van der Waals surface area contributed by atoms with Crippen molar-refractivity contribution in [2.75, 3.05) is 6.61 Å². The van der Waals surface area contributed by atoms with Crippen LogP contribution in [0, 0.1) is 4.64 Å². The van der Waals surface area contributed by atoms with Gasteiger partial charge in [-0.25, -0.2) is 4.98 Å². The van der Waals surface area contributed by atoms with Gasteiger partial charge < -0.3 is 9.72 Å². The maximum atomic E-state index is 6.13. The van der Waals surface area contributed by atoms with Crippen LogP contribution in [0.25, 0.3) is 0 Å². The highest BCUT2D eigenvalue weighted by Crippen LogP contribution is 2.43. The van der Waals surface area contributed by atoms with Crippen LogP contribution in [0.15, 0.2) is 4.47 Å². The average Bonchev–Trinajstić information content (AvgIpc) is 3.13. The van der Waals surface area contributed by atoms with Gasteiger partial charge in [-0.1, -0.05) is 25.1 Å². The zero-order valence-corrected chi connectivity index (χ0v) is 15.0. The number of hydrogen-bond acceptors (Lipinski definition) is 3. The first kappa shape index (κ1) is 15.6. The highest BCUT2D eigenvalue weighted by Gasteiger charge is 2.39. The van der Waals surface area contributed by atoms with Crippen molar-refractivity contribution >= 4 is 28.1 Å². The summed E-state index contributed by atoms with van der Waals surface area (Å²) in [5.41, 5.74) is 1.00. The van der Waals surface area contributed by atoms with E-state index in [-0.39, 0.29) is 5.60 Å². The van der Waals surface area contributed by atoms with E-state index in [4.69, 9.17) is 17.0 Å². The minimum absolute atomic E-state index is 0.240. The summed E-state index contributed by atoms with van der Waals surface area (Å²) >= 11 is 9.15. The minimum Gasteiger partial charge on any atom is -0.367 e. The molecule has 2 fully saturated rings. The topological polar surface area (TPSA) is 37.9 Å². The average molecular weight is 371 g/mol. The van der Waals surface area contributed by atoms with E-state index in [1.165, 1.54) is 44.2 Å². The Balaban J connectivity index is 2.04. The molecule has 1 aromatic heterocycles. The van der Waals surface area contributed by atoms with Crippen LogP contribution >= 0.6 is 28.1 Å². The monoisotopic (exact) mass is 370 g/mol. The van der Waals surface area contributed by atoms with Crippen molar-refractivity contribution in [3.05, 3.63) is 20.6 Å². The van der Waals surface area contributed by atoms with Gasteiger partial charge in [-0.05, 0) is 61.4 Å². The van der Waals surface area contributed by atoms with Crippen molar-refractivity contribution < 1.29 is 4.74 Å². The highest BCUT2D eigenvalue weighted by molar-refractivity contribution is 9.10. The van der Waals surface area contributed by atoms with Gasteiger partial charge in [0.2, 0.25) is 0 Å². The number of aromatic amines is 1. The second-order valence-electron chi connectivity index (χ2n) is 6.23. The normalized spacial score (nSPS) is 22.0. The second kappa shape index (κ2) is 6.47. The molecule has 21 heavy (non-hydrogen) atoms. The predicted molar refractivity (Wildman–Crippen MR) is 90.1 cm³/mol. The van der Waals surface area contributed by atoms with Gasteiger partial charge in [-0.15, -0.1) is 0 Å². The van der Waals surface area contributed by atoms with E-state index >= 15 is 0 Å². The summed E-state index contributed by atoms with van der Waals surface area (Å²) in [6.45, 7) is 2.78. The number of nitrogens with one attached hydrogen (secondary N) is 1. The third-order valence-corrected chi connectivity index (χ3v) is 6.28. The molecule has 0 amide bonds. The number of nitrogens with zero attached hydrogens (tertiary/aromatic N) is 1. The SMILES string of the molecule is CCOC1(c2nc(=S)c(Br)c(C3CCCC3)[nH]2)CCCC1. The summed E-state index contributed by atoms with van der Waals surface area (Å²) < 4.78 is 7.80. The van der Waals surface area contributed by atoms with Crippen molar-refractivity contribution in [3.63, 3.8) is 0 Å². The lowest BCUT2D eigenvalue weighted by Crippen LogP contribution is -2.29. The van der Waals surface area contributed by atoms with E-state index in [1.807, 2.05) is 0 Å². The molecule has 2 saturated carbocycles. The van der Waals surface area contributed by atoms with Crippen LogP contribution in [0.5, 0.6) is 0 Å². The molecule has 0 aliphatic heterocycles. The maximum Gasteiger partial charge on any atom is 0.144 e. The third-order valence-electron chi connectivity index (χ3n) is 4.92. The Kier molecular flexibility index (Phi) is 4.81. The first-order chi connectivity index (χ1) is 10.2. The second-order valence-corrected chi connectivity index (χ2v) is 7.41. The molecule has 1 heterocycles. The molecular formula is C16H23BrN2OS. The van der Waals surface area contributed by atoms with Gasteiger partial charge in [0, 0.05) is 18.2 Å². The summed E-state index contributed by atoms with van der Waals surface area (Å²) in [5, 5.41) is 0. The molecule has 3 rings (SSSR count). The first-order valence-electron chi connectivity index (χ1n) is 8.10. The van der Waals surface area contributed by atoms with Crippen molar-refractivity contribution in [1.82, 2.24) is 9.97 Å². The number of aromatic nitrogens is 2. The zero-order valence-electron chi connectivity index (χ0n) is 12.6. The van der Waals surface area contributed by atoms with Gasteiger partial charge in [0.15, 0.2) is 0 Å². The maximum absolute atomic E-state index is 6.13. The summed E-state index contributed by atoms with van der Waals surface area (Å²) in [6, 6.07) is 0. The van der Waals surface area contributed by atoms with Gasteiger partial charge in [-0.3, -0.25) is 0 Å². The van der Waals surface area contributed by atoms with E-state index in [9.17, 15) is 0 Å². The minimum atomic E-state index is -0.240. The van der Waals surface area contributed by atoms with Gasteiger partial charge in [0.25, 0.3) is 0 Å². The fraction of sp³-hybridized carbons (Fsp3) is 0.750. The lowest BCUT2D eigenvalue weighted by atomic mass is 9.99. The lowest BCUT2D eigenvalue weighted by molar-refractivity contribution is -0.0460. The third kappa shape index (κ3) is 2.97. The Morgan fingerprint density at radius 1 is 1.29 bits per heavy atom. The molecule has 3 nitrogen and oxygen atoms in total. The van der Waals surface area contributed by atoms with Crippen LogP contribution in [-0.2, 0) is 10.3 Å². The lowest BCUT2D eigenvalue weighted by Gasteiger charge is -2.29. The fourth-order valence-electron chi connectivity index (χ4n) is 3.86. The summed E-state index contributed by atoms with van der Waals surface area (Å²) in [5.74, 6) is 1.54. The van der Waals surface area contributed by atoms with E-state index < -0.39 is 0 Å². The molecule has 0 atom stereocenters. The van der Waals surface area contributed by atoms with Crippen molar-refractivity contribution in [1.29, 1.82) is 0 Å². The van der Waals surface area contributed by atoms with Gasteiger partial charge in [-0.2, -0.15) is 0 Å². The van der Waals surface area contributed by atoms with Crippen LogP contribution in [-0.4, -0.2) is 16.6 Å². The Morgan fingerprint density at radius 2 is 1.95 bits per heavy atom. The van der Waals surface area contributed by atoms with Crippen LogP contribution in [0.4, 0.5) is 0 Å². The molecule has 0 radical (unpaired) electrons. The van der Waals surface area contributed by atoms with Crippen molar-refractivity contribution in [2.24, 2.45) is 0 Å². The highest BCUT2D eigenvalue weighted by atomic mass is 79.9. The van der Waals surface area contributed by atoms with Gasteiger partial charge in [0.1, 0.15) is 16.1 Å². The number of rotatable bonds is 4. The molecule has 0 saturated heterocycles. The van der Waals surface area contributed by atoms with Crippen LogP contribution < -0.4 is 0 Å². The Morgan fingerprint density at radius 3 is 2.57 bits per heavy atom. The van der Waals surface area contributed by atoms with E-state index in [0.29, 0.717) is 10.6 Å². The predicted octanol–water partition coefficient (Wildman–Crippen LogP) is 5.37. The fourth-order valence-corrected chi connectivity index (χ4v) is 4.57. The quantitative estimate of drug-likeness (QED) is 0.724. The molecular weight excluding hydrogens is 348 g/mol. The first-order valence-corrected chi connectivity index (χ1v) is 9.30. The standard InChI is InChI=1S/C16H23BrN2OS/c1-2-20-16(9-5-6-10-16)15-18-13(11-7-3-4-8-11)12(17)14(21)19-15/h11H,2-10H2,1H3,(H,18,19,21). The molecule has 2 aliphatic rings. The smallest absolute Gasteiger partial charge is 0.144 e. The number of ether oxygens (including phenoxy) is 1. The molecule has 2 aliphatic carbocycles. The Bertz CT molecular complexity index is 560. The van der Waals surface area contributed by atoms with Gasteiger partial charge in [0.05, 0.1) is 4.47 Å². The Hall–Kier alpha value is -0.260. The molecule has 116 valence electrons. The molecule has 5 heteroatoms. The Labute approximate surface area is 140 Å².